The average molecular weight is 548 g/mol. The molecule has 0 unspecified atom stereocenters. The molecule has 0 spiro atoms. The van der Waals surface area contributed by atoms with Crippen LogP contribution in [-0.2, 0) is 0 Å². The maximum absolute atomic E-state index is 13.3. The Balaban J connectivity index is 2.17. The molecule has 0 atom stereocenters. The molecule has 1 N–H and O–H groups in total. The summed E-state index contributed by atoms with van der Waals surface area (Å²) in [5.74, 6) is 0.174. The molecule has 0 amide bonds. The van der Waals surface area contributed by atoms with Crippen molar-refractivity contribution in [2.24, 2.45) is 0 Å². The monoisotopic (exact) mass is 546 g/mol. The summed E-state index contributed by atoms with van der Waals surface area (Å²) in [6.45, 7) is 4.04. The second kappa shape index (κ2) is 9.66. The Morgan fingerprint density at radius 2 is 1.52 bits per heavy atom. The number of hydrogen-bond acceptors (Lipinski definition) is 4. The van der Waals surface area contributed by atoms with E-state index in [2.05, 4.69) is 31.9 Å². The van der Waals surface area contributed by atoms with E-state index in [0.717, 1.165) is 5.56 Å². The van der Waals surface area contributed by atoms with Gasteiger partial charge in [-0.2, -0.15) is 0 Å². The van der Waals surface area contributed by atoms with Crippen LogP contribution in [0.5, 0.6) is 17.2 Å². The van der Waals surface area contributed by atoms with Crippen LogP contribution in [0.25, 0.3) is 0 Å². The van der Waals surface area contributed by atoms with Crippen molar-refractivity contribution in [3.63, 3.8) is 0 Å². The Kier molecular flexibility index (Phi) is 7.18. The van der Waals surface area contributed by atoms with Gasteiger partial charge in [-0.05, 0) is 62.0 Å². The maximum Gasteiger partial charge on any atom is 0.335 e. The molecule has 7 heteroatoms. The summed E-state index contributed by atoms with van der Waals surface area (Å²) in [7, 11) is 1.57. The number of carbonyl (C=O) groups is 2. The second-order valence-electron chi connectivity index (χ2n) is 7.12. The fourth-order valence-electron chi connectivity index (χ4n) is 3.10. The molecule has 31 heavy (non-hydrogen) atoms. The van der Waals surface area contributed by atoms with Crippen LogP contribution in [0.1, 0.15) is 51.6 Å². The molecule has 0 aliphatic heterocycles. The van der Waals surface area contributed by atoms with Crippen molar-refractivity contribution in [2.75, 3.05) is 7.11 Å². The predicted octanol–water partition coefficient (Wildman–Crippen LogP) is 7.07. The van der Waals surface area contributed by atoms with Crippen molar-refractivity contribution in [1.82, 2.24) is 0 Å². The zero-order valence-electron chi connectivity index (χ0n) is 17.1. The van der Waals surface area contributed by atoms with Crippen LogP contribution in [0.3, 0.4) is 0 Å². The van der Waals surface area contributed by atoms with Gasteiger partial charge in [-0.25, -0.2) is 4.79 Å². The lowest BCUT2D eigenvalue weighted by Gasteiger charge is -2.19. The third kappa shape index (κ3) is 4.99. The van der Waals surface area contributed by atoms with Crippen LogP contribution in [0.2, 0.25) is 0 Å². The number of carboxylic acids is 1. The fraction of sp³-hybridized carbons (Fsp3) is 0.167. The maximum atomic E-state index is 13.3. The van der Waals surface area contributed by atoms with Gasteiger partial charge < -0.3 is 14.6 Å². The minimum Gasteiger partial charge on any atom is -0.496 e. The van der Waals surface area contributed by atoms with Crippen molar-refractivity contribution < 1.29 is 24.2 Å². The van der Waals surface area contributed by atoms with Crippen molar-refractivity contribution in [2.45, 2.75) is 19.8 Å². The number of carbonyl (C=O) groups excluding carboxylic acids is 1. The van der Waals surface area contributed by atoms with Gasteiger partial charge in [0.25, 0.3) is 0 Å². The first-order valence-electron chi connectivity index (χ1n) is 9.44. The minimum absolute atomic E-state index is 0.101. The molecule has 0 aliphatic carbocycles. The molecule has 0 heterocycles. The standard InChI is InChI=1S/C24H20Br2O5/c1-13(2)16-11-21(31-23-18(25)9-15(24(28)29)10-19(23)26)17(12-20(16)30-3)22(27)14-7-5-4-6-8-14/h4-13H,1-3H3,(H,28,29). The first kappa shape index (κ1) is 23.0. The number of methoxy groups -OCH3 is 1. The lowest BCUT2D eigenvalue weighted by atomic mass is 9.95. The molecule has 0 aromatic heterocycles. The lowest BCUT2D eigenvalue weighted by molar-refractivity contribution is 0.0696. The number of halogens is 2. The highest BCUT2D eigenvalue weighted by Gasteiger charge is 2.22. The molecule has 0 saturated carbocycles. The predicted molar refractivity (Wildman–Crippen MR) is 126 cm³/mol. The Labute approximate surface area is 197 Å². The molecule has 0 bridgehead atoms. The van der Waals surface area contributed by atoms with E-state index in [1.807, 2.05) is 19.9 Å². The fourth-order valence-corrected chi connectivity index (χ4v) is 4.45. The van der Waals surface area contributed by atoms with Gasteiger partial charge in [0.1, 0.15) is 11.5 Å². The molecular weight excluding hydrogens is 528 g/mol. The van der Waals surface area contributed by atoms with Gasteiger partial charge in [0.15, 0.2) is 11.5 Å². The summed E-state index contributed by atoms with van der Waals surface area (Å²) in [5.41, 5.74) is 1.85. The highest BCUT2D eigenvalue weighted by molar-refractivity contribution is 9.11. The van der Waals surface area contributed by atoms with E-state index in [0.29, 0.717) is 37.3 Å². The second-order valence-corrected chi connectivity index (χ2v) is 8.83. The quantitative estimate of drug-likeness (QED) is 0.320. The number of benzene rings is 3. The normalized spacial score (nSPS) is 10.8. The zero-order valence-corrected chi connectivity index (χ0v) is 20.3. The summed E-state index contributed by atoms with van der Waals surface area (Å²) < 4.78 is 12.6. The smallest absolute Gasteiger partial charge is 0.335 e. The van der Waals surface area contributed by atoms with Crippen molar-refractivity contribution in [3.8, 4) is 17.2 Å². The van der Waals surface area contributed by atoms with Gasteiger partial charge in [-0.3, -0.25) is 4.79 Å². The third-order valence-electron chi connectivity index (χ3n) is 4.69. The van der Waals surface area contributed by atoms with Crippen LogP contribution >= 0.6 is 31.9 Å². The van der Waals surface area contributed by atoms with E-state index < -0.39 is 5.97 Å². The lowest BCUT2D eigenvalue weighted by Crippen LogP contribution is -2.07. The molecule has 0 radical (unpaired) electrons. The van der Waals surface area contributed by atoms with Crippen LogP contribution in [-0.4, -0.2) is 24.0 Å². The summed E-state index contributed by atoms with van der Waals surface area (Å²) in [5, 5.41) is 9.27. The minimum atomic E-state index is -1.06. The number of aromatic carboxylic acids is 1. The zero-order chi connectivity index (χ0) is 22.7. The van der Waals surface area contributed by atoms with Crippen LogP contribution in [0, 0.1) is 0 Å². The topological polar surface area (TPSA) is 72.8 Å². The number of ketones is 1. The van der Waals surface area contributed by atoms with Crippen molar-refractivity contribution in [3.05, 3.63) is 85.8 Å². The molecule has 0 saturated heterocycles. The molecule has 0 fully saturated rings. The van der Waals surface area contributed by atoms with E-state index in [4.69, 9.17) is 9.47 Å². The highest BCUT2D eigenvalue weighted by atomic mass is 79.9. The van der Waals surface area contributed by atoms with Gasteiger partial charge >= 0.3 is 5.97 Å². The average Bonchev–Trinajstić information content (AvgIpc) is 2.75. The van der Waals surface area contributed by atoms with E-state index in [9.17, 15) is 14.7 Å². The molecule has 160 valence electrons. The Morgan fingerprint density at radius 1 is 0.903 bits per heavy atom. The largest absolute Gasteiger partial charge is 0.496 e. The summed E-state index contributed by atoms with van der Waals surface area (Å²) in [4.78, 5) is 24.6. The third-order valence-corrected chi connectivity index (χ3v) is 5.87. The van der Waals surface area contributed by atoms with Crippen molar-refractivity contribution >= 4 is 43.6 Å². The van der Waals surface area contributed by atoms with Crippen LogP contribution in [0.15, 0.2) is 63.5 Å². The first-order valence-corrected chi connectivity index (χ1v) is 11.0. The number of rotatable bonds is 7. The Morgan fingerprint density at radius 3 is 2.03 bits per heavy atom. The number of hydrogen-bond donors (Lipinski definition) is 1. The molecule has 3 aromatic rings. The van der Waals surface area contributed by atoms with Crippen LogP contribution in [0.4, 0.5) is 0 Å². The van der Waals surface area contributed by atoms with Gasteiger partial charge in [-0.1, -0.05) is 44.2 Å². The highest BCUT2D eigenvalue weighted by Crippen LogP contribution is 2.42. The molecule has 3 aromatic carbocycles. The van der Waals surface area contributed by atoms with Crippen LogP contribution < -0.4 is 9.47 Å². The number of carboxylic acid groups (broad SMARTS) is 1. The summed E-state index contributed by atoms with van der Waals surface area (Å²) >= 11 is 6.76. The Hall–Kier alpha value is -2.64. The summed E-state index contributed by atoms with van der Waals surface area (Å²) in [6, 6.07) is 15.3. The van der Waals surface area contributed by atoms with E-state index in [1.54, 1.807) is 43.5 Å². The SMILES string of the molecule is COc1cc(C(=O)c2ccccc2)c(Oc2c(Br)cc(C(=O)O)cc2Br)cc1C(C)C. The number of ether oxygens (including phenoxy) is 2. The molecule has 5 nitrogen and oxygen atoms in total. The Bertz CT molecular complexity index is 1120. The van der Waals surface area contributed by atoms with Gasteiger partial charge in [-0.15, -0.1) is 0 Å². The molecule has 0 aliphatic rings. The molecule has 3 rings (SSSR count). The van der Waals surface area contributed by atoms with Gasteiger partial charge in [0.2, 0.25) is 0 Å². The van der Waals surface area contributed by atoms with E-state index >= 15 is 0 Å². The summed E-state index contributed by atoms with van der Waals surface area (Å²) in [6.07, 6.45) is 0. The van der Waals surface area contributed by atoms with Crippen molar-refractivity contribution in [1.29, 1.82) is 0 Å². The van der Waals surface area contributed by atoms with Gasteiger partial charge in [0, 0.05) is 11.1 Å². The van der Waals surface area contributed by atoms with Gasteiger partial charge in [0.05, 0.1) is 27.2 Å². The molecular formula is C24H20Br2O5. The van der Waals surface area contributed by atoms with E-state index in [-0.39, 0.29) is 17.3 Å². The van der Waals surface area contributed by atoms with E-state index in [1.165, 1.54) is 12.1 Å². The first-order chi connectivity index (χ1) is 14.7.